The van der Waals surface area contributed by atoms with Gasteiger partial charge in [0.25, 0.3) is 5.91 Å². The predicted octanol–water partition coefficient (Wildman–Crippen LogP) is 4.37. The number of carbonyl (C=O) groups excluding carboxylic acids is 2. The van der Waals surface area contributed by atoms with Crippen molar-refractivity contribution in [2.45, 2.75) is 19.3 Å². The summed E-state index contributed by atoms with van der Waals surface area (Å²) in [5, 5.41) is 2.07. The van der Waals surface area contributed by atoms with E-state index in [0.29, 0.717) is 37.9 Å². The average Bonchev–Trinajstić information content (AvgIpc) is 3.30. The van der Waals surface area contributed by atoms with Crippen LogP contribution in [0.4, 0.5) is 0 Å². The quantitative estimate of drug-likeness (QED) is 0.686. The number of likely N-dealkylation sites (tertiary alicyclic amines) is 1. The molecule has 29 heavy (non-hydrogen) atoms. The van der Waals surface area contributed by atoms with Crippen LogP contribution in [0.1, 0.15) is 28.8 Å². The van der Waals surface area contributed by atoms with Crippen molar-refractivity contribution in [2.24, 2.45) is 11.1 Å². The van der Waals surface area contributed by atoms with Crippen LogP contribution in [0.5, 0.6) is 0 Å². The zero-order valence-electron chi connectivity index (χ0n) is 16.2. The zero-order chi connectivity index (χ0) is 20.3. The third-order valence-corrected chi connectivity index (χ3v) is 6.77. The van der Waals surface area contributed by atoms with Gasteiger partial charge in [-0.1, -0.05) is 48.5 Å². The lowest BCUT2D eigenvalue weighted by Crippen LogP contribution is -2.49. The monoisotopic (exact) mass is 404 g/mol. The number of rotatable bonds is 5. The Balaban J connectivity index is 1.45. The van der Waals surface area contributed by atoms with Crippen molar-refractivity contribution in [3.8, 4) is 10.4 Å². The van der Waals surface area contributed by atoms with Crippen molar-refractivity contribution in [1.82, 2.24) is 4.90 Å². The fourth-order valence-corrected chi connectivity index (χ4v) is 4.76. The van der Waals surface area contributed by atoms with E-state index >= 15 is 0 Å². The standard InChI is InChI=1S/C24H24N2O2S/c25-23(28)24(17-18-8-10-19(11-9-18)21-7-4-16-29-21)12-14-26(15-13-24)22(27)20-5-2-1-3-6-20/h1-11,16H,12-15,17H2,(H2,25,28). The molecule has 0 unspecified atom stereocenters. The Morgan fingerprint density at radius 3 is 2.21 bits per heavy atom. The molecule has 1 aliphatic heterocycles. The molecule has 2 aromatic carbocycles. The van der Waals surface area contributed by atoms with E-state index in [2.05, 4.69) is 35.7 Å². The number of thiophene rings is 1. The molecule has 1 saturated heterocycles. The number of amides is 2. The van der Waals surface area contributed by atoms with Gasteiger partial charge in [0, 0.05) is 23.5 Å². The normalized spacial score (nSPS) is 15.8. The summed E-state index contributed by atoms with van der Waals surface area (Å²) in [6.45, 7) is 1.09. The van der Waals surface area contributed by atoms with Crippen LogP contribution in [0.3, 0.4) is 0 Å². The fourth-order valence-electron chi connectivity index (χ4n) is 4.03. The van der Waals surface area contributed by atoms with E-state index in [0.717, 1.165) is 5.56 Å². The SMILES string of the molecule is NC(=O)C1(Cc2ccc(-c3cccs3)cc2)CCN(C(=O)c2ccccc2)CC1. The van der Waals surface area contributed by atoms with E-state index in [1.165, 1.54) is 10.4 Å². The highest BCUT2D eigenvalue weighted by atomic mass is 32.1. The molecular weight excluding hydrogens is 380 g/mol. The molecule has 3 aromatic rings. The average molecular weight is 405 g/mol. The van der Waals surface area contributed by atoms with Gasteiger partial charge >= 0.3 is 0 Å². The second kappa shape index (κ2) is 8.21. The number of carbonyl (C=O) groups is 2. The summed E-state index contributed by atoms with van der Waals surface area (Å²) in [7, 11) is 0. The summed E-state index contributed by atoms with van der Waals surface area (Å²) in [6.07, 6.45) is 1.79. The van der Waals surface area contributed by atoms with Gasteiger partial charge in [0.2, 0.25) is 5.91 Å². The van der Waals surface area contributed by atoms with Gasteiger partial charge < -0.3 is 10.6 Å². The molecule has 2 heterocycles. The molecule has 1 aliphatic rings. The van der Waals surface area contributed by atoms with E-state index in [1.54, 1.807) is 11.3 Å². The van der Waals surface area contributed by atoms with Crippen molar-refractivity contribution in [2.75, 3.05) is 13.1 Å². The van der Waals surface area contributed by atoms with Gasteiger partial charge in [-0.05, 0) is 54.0 Å². The summed E-state index contributed by atoms with van der Waals surface area (Å²) in [5.41, 5.74) is 8.22. The van der Waals surface area contributed by atoms with Gasteiger partial charge in [-0.25, -0.2) is 0 Å². The molecule has 0 atom stereocenters. The molecule has 148 valence electrons. The highest BCUT2D eigenvalue weighted by Crippen LogP contribution is 2.36. The van der Waals surface area contributed by atoms with E-state index < -0.39 is 5.41 Å². The Labute approximate surface area is 175 Å². The lowest BCUT2D eigenvalue weighted by atomic mass is 9.73. The van der Waals surface area contributed by atoms with Crippen LogP contribution in [-0.2, 0) is 11.2 Å². The van der Waals surface area contributed by atoms with Crippen LogP contribution in [-0.4, -0.2) is 29.8 Å². The number of hydrogen-bond acceptors (Lipinski definition) is 3. The first-order chi connectivity index (χ1) is 14.1. The van der Waals surface area contributed by atoms with Crippen molar-refractivity contribution in [3.63, 3.8) is 0 Å². The topological polar surface area (TPSA) is 63.4 Å². The van der Waals surface area contributed by atoms with Crippen LogP contribution in [0.2, 0.25) is 0 Å². The van der Waals surface area contributed by atoms with Gasteiger partial charge in [0.05, 0.1) is 5.41 Å². The lowest BCUT2D eigenvalue weighted by Gasteiger charge is -2.40. The van der Waals surface area contributed by atoms with E-state index in [9.17, 15) is 9.59 Å². The van der Waals surface area contributed by atoms with E-state index in [1.807, 2.05) is 41.3 Å². The fraction of sp³-hybridized carbons (Fsp3) is 0.250. The molecule has 0 bridgehead atoms. The Bertz CT molecular complexity index is 973. The van der Waals surface area contributed by atoms with Crippen LogP contribution in [0, 0.1) is 5.41 Å². The second-order valence-corrected chi connectivity index (χ2v) is 8.60. The van der Waals surface area contributed by atoms with Crippen molar-refractivity contribution in [1.29, 1.82) is 0 Å². The number of piperidine rings is 1. The maximum atomic E-state index is 12.7. The molecule has 1 fully saturated rings. The first-order valence-electron chi connectivity index (χ1n) is 9.84. The van der Waals surface area contributed by atoms with Gasteiger partial charge in [-0.2, -0.15) is 0 Å². The summed E-state index contributed by atoms with van der Waals surface area (Å²) < 4.78 is 0. The van der Waals surface area contributed by atoms with Crippen LogP contribution in [0.25, 0.3) is 10.4 Å². The summed E-state index contributed by atoms with van der Waals surface area (Å²) in [4.78, 5) is 28.2. The molecule has 1 aromatic heterocycles. The molecule has 0 saturated carbocycles. The van der Waals surface area contributed by atoms with Gasteiger partial charge in [0.15, 0.2) is 0 Å². The Morgan fingerprint density at radius 2 is 1.62 bits per heavy atom. The van der Waals surface area contributed by atoms with Crippen molar-refractivity contribution < 1.29 is 9.59 Å². The molecule has 0 radical (unpaired) electrons. The molecule has 0 aliphatic carbocycles. The molecule has 2 amide bonds. The second-order valence-electron chi connectivity index (χ2n) is 7.65. The smallest absolute Gasteiger partial charge is 0.253 e. The highest BCUT2D eigenvalue weighted by Gasteiger charge is 2.41. The maximum absolute atomic E-state index is 12.7. The Morgan fingerprint density at radius 1 is 0.931 bits per heavy atom. The summed E-state index contributed by atoms with van der Waals surface area (Å²) >= 11 is 1.71. The van der Waals surface area contributed by atoms with E-state index in [-0.39, 0.29) is 11.8 Å². The number of hydrogen-bond donors (Lipinski definition) is 1. The third kappa shape index (κ3) is 4.10. The zero-order valence-corrected chi connectivity index (χ0v) is 17.0. The minimum Gasteiger partial charge on any atom is -0.369 e. The maximum Gasteiger partial charge on any atom is 0.253 e. The minimum absolute atomic E-state index is 0.0176. The predicted molar refractivity (Wildman–Crippen MR) is 117 cm³/mol. The summed E-state index contributed by atoms with van der Waals surface area (Å²) in [6, 6.07) is 21.8. The highest BCUT2D eigenvalue weighted by molar-refractivity contribution is 7.13. The third-order valence-electron chi connectivity index (χ3n) is 5.85. The largest absolute Gasteiger partial charge is 0.369 e. The number of nitrogens with two attached hydrogens (primary N) is 1. The number of nitrogens with zero attached hydrogens (tertiary/aromatic N) is 1. The van der Waals surface area contributed by atoms with E-state index in [4.69, 9.17) is 5.73 Å². The summed E-state index contributed by atoms with van der Waals surface area (Å²) in [5.74, 6) is -0.254. The van der Waals surface area contributed by atoms with Crippen LogP contribution < -0.4 is 5.73 Å². The molecule has 5 heteroatoms. The Hall–Kier alpha value is -2.92. The van der Waals surface area contributed by atoms with Crippen LogP contribution >= 0.6 is 11.3 Å². The lowest BCUT2D eigenvalue weighted by molar-refractivity contribution is -0.130. The molecule has 4 rings (SSSR count). The van der Waals surface area contributed by atoms with Gasteiger partial charge in [-0.15, -0.1) is 11.3 Å². The van der Waals surface area contributed by atoms with Crippen LogP contribution in [0.15, 0.2) is 72.1 Å². The number of benzene rings is 2. The molecule has 2 N–H and O–H groups in total. The first kappa shape index (κ1) is 19.4. The number of primary amides is 1. The van der Waals surface area contributed by atoms with Gasteiger partial charge in [0.1, 0.15) is 0 Å². The minimum atomic E-state index is -0.599. The molecule has 0 spiro atoms. The van der Waals surface area contributed by atoms with Crippen molar-refractivity contribution in [3.05, 3.63) is 83.2 Å². The first-order valence-corrected chi connectivity index (χ1v) is 10.7. The van der Waals surface area contributed by atoms with Gasteiger partial charge in [-0.3, -0.25) is 9.59 Å². The molecular formula is C24H24N2O2S. The Kier molecular flexibility index (Phi) is 5.49. The van der Waals surface area contributed by atoms with Crippen molar-refractivity contribution >= 4 is 23.2 Å². The molecule has 4 nitrogen and oxygen atoms in total.